The van der Waals surface area contributed by atoms with E-state index in [9.17, 15) is 9.90 Å². The maximum atomic E-state index is 11.7. The minimum Gasteiger partial charge on any atom is -0.493 e. The molecule has 1 unspecified atom stereocenters. The lowest BCUT2D eigenvalue weighted by molar-refractivity contribution is 0.0740. The van der Waals surface area contributed by atoms with Crippen molar-refractivity contribution in [2.45, 2.75) is 25.9 Å². The van der Waals surface area contributed by atoms with Crippen molar-refractivity contribution >= 4 is 5.78 Å². The van der Waals surface area contributed by atoms with Crippen molar-refractivity contribution in [1.29, 1.82) is 0 Å². The third kappa shape index (κ3) is 1.88. The van der Waals surface area contributed by atoms with Crippen molar-refractivity contribution < 1.29 is 14.6 Å². The van der Waals surface area contributed by atoms with Gasteiger partial charge in [-0.1, -0.05) is 6.92 Å². The summed E-state index contributed by atoms with van der Waals surface area (Å²) in [6.07, 6.45) is 0.413. The van der Waals surface area contributed by atoms with Gasteiger partial charge in [0, 0.05) is 12.0 Å². The molecule has 3 heteroatoms. The molecule has 80 valence electrons. The quantitative estimate of drug-likeness (QED) is 0.764. The van der Waals surface area contributed by atoms with Crippen molar-refractivity contribution in [2.24, 2.45) is 0 Å². The van der Waals surface area contributed by atoms with Gasteiger partial charge in [0.25, 0.3) is 0 Å². The second-order valence-corrected chi connectivity index (χ2v) is 3.71. The third-order valence-corrected chi connectivity index (χ3v) is 2.66. The average molecular weight is 206 g/mol. The molecule has 1 aliphatic heterocycles. The second kappa shape index (κ2) is 4.03. The molecule has 1 atom stereocenters. The molecule has 0 saturated heterocycles. The fourth-order valence-corrected chi connectivity index (χ4v) is 1.72. The molecule has 1 aliphatic rings. The van der Waals surface area contributed by atoms with Crippen LogP contribution < -0.4 is 4.74 Å². The molecule has 3 nitrogen and oxygen atoms in total. The summed E-state index contributed by atoms with van der Waals surface area (Å²) in [4.78, 5) is 11.7. The Morgan fingerprint density at radius 2 is 2.40 bits per heavy atom. The lowest BCUT2D eigenvalue weighted by Crippen LogP contribution is -2.19. The van der Waals surface area contributed by atoms with Crippen LogP contribution in [0, 0.1) is 0 Å². The van der Waals surface area contributed by atoms with Gasteiger partial charge in [-0.2, -0.15) is 0 Å². The van der Waals surface area contributed by atoms with Crippen LogP contribution in [0.1, 0.15) is 29.3 Å². The normalized spacial score (nSPS) is 15.6. The van der Waals surface area contributed by atoms with Crippen LogP contribution in [0.3, 0.4) is 0 Å². The summed E-state index contributed by atoms with van der Waals surface area (Å²) in [6, 6.07) is 5.34. The third-order valence-electron chi connectivity index (χ3n) is 2.66. The highest BCUT2D eigenvalue weighted by atomic mass is 16.5. The summed E-state index contributed by atoms with van der Waals surface area (Å²) in [5, 5.41) is 9.45. The highest BCUT2D eigenvalue weighted by Crippen LogP contribution is 2.26. The summed E-state index contributed by atoms with van der Waals surface area (Å²) >= 11 is 0. The van der Waals surface area contributed by atoms with E-state index in [1.807, 2.05) is 6.07 Å². The van der Waals surface area contributed by atoms with E-state index < -0.39 is 6.10 Å². The van der Waals surface area contributed by atoms with Gasteiger partial charge in [0.05, 0.1) is 6.61 Å². The topological polar surface area (TPSA) is 46.5 Å². The maximum Gasteiger partial charge on any atom is 0.191 e. The predicted octanol–water partition coefficient (Wildman–Crippen LogP) is 1.58. The van der Waals surface area contributed by atoms with E-state index in [4.69, 9.17) is 4.74 Å². The SMILES string of the molecule is CCC(O)C(=O)c1ccc2c(c1)CCO2. The first-order valence-corrected chi connectivity index (χ1v) is 5.20. The zero-order valence-electron chi connectivity index (χ0n) is 8.69. The van der Waals surface area contributed by atoms with Gasteiger partial charge in [-0.05, 0) is 30.2 Å². The van der Waals surface area contributed by atoms with Crippen LogP contribution in [-0.4, -0.2) is 23.6 Å². The molecule has 0 spiro atoms. The van der Waals surface area contributed by atoms with Gasteiger partial charge in [-0.25, -0.2) is 0 Å². The van der Waals surface area contributed by atoms with Crippen LogP contribution in [0.5, 0.6) is 5.75 Å². The molecule has 0 bridgehead atoms. The van der Waals surface area contributed by atoms with Crippen molar-refractivity contribution in [3.8, 4) is 5.75 Å². The molecular weight excluding hydrogens is 192 g/mol. The number of aliphatic hydroxyl groups is 1. The molecule has 1 heterocycles. The van der Waals surface area contributed by atoms with Gasteiger partial charge in [0.2, 0.25) is 0 Å². The molecular formula is C12H14O3. The summed E-state index contributed by atoms with van der Waals surface area (Å²) in [5.74, 6) is 0.657. The Bertz CT molecular complexity index is 384. The monoisotopic (exact) mass is 206 g/mol. The Labute approximate surface area is 88.7 Å². The zero-order valence-corrected chi connectivity index (χ0v) is 8.69. The van der Waals surface area contributed by atoms with Crippen molar-refractivity contribution in [3.63, 3.8) is 0 Å². The van der Waals surface area contributed by atoms with Crippen molar-refractivity contribution in [1.82, 2.24) is 0 Å². The van der Waals surface area contributed by atoms with Gasteiger partial charge in [-0.3, -0.25) is 4.79 Å². The van der Waals surface area contributed by atoms with Crippen LogP contribution >= 0.6 is 0 Å². The second-order valence-electron chi connectivity index (χ2n) is 3.71. The average Bonchev–Trinajstić information content (AvgIpc) is 2.73. The number of Topliss-reactive ketones (excluding diaryl/α,β-unsaturated/α-hetero) is 1. The molecule has 0 saturated carbocycles. The smallest absolute Gasteiger partial charge is 0.191 e. The minimum atomic E-state index is -0.884. The van der Waals surface area contributed by atoms with Crippen LogP contribution in [0.25, 0.3) is 0 Å². The number of fused-ring (bicyclic) bond motifs is 1. The van der Waals surface area contributed by atoms with Gasteiger partial charge in [0.15, 0.2) is 5.78 Å². The van der Waals surface area contributed by atoms with Gasteiger partial charge >= 0.3 is 0 Å². The first-order valence-electron chi connectivity index (χ1n) is 5.20. The van der Waals surface area contributed by atoms with E-state index in [0.29, 0.717) is 18.6 Å². The number of ketones is 1. The number of carbonyl (C=O) groups is 1. The molecule has 1 aromatic carbocycles. The van der Waals surface area contributed by atoms with E-state index in [2.05, 4.69) is 0 Å². The largest absolute Gasteiger partial charge is 0.493 e. The van der Waals surface area contributed by atoms with Gasteiger partial charge in [-0.15, -0.1) is 0 Å². The lowest BCUT2D eigenvalue weighted by Gasteiger charge is -2.07. The maximum absolute atomic E-state index is 11.7. The molecule has 0 amide bonds. The van der Waals surface area contributed by atoms with E-state index in [1.165, 1.54) is 0 Å². The Hall–Kier alpha value is -1.35. The Kier molecular flexibility index (Phi) is 2.73. The lowest BCUT2D eigenvalue weighted by atomic mass is 10.0. The van der Waals surface area contributed by atoms with Crippen LogP contribution in [-0.2, 0) is 6.42 Å². The highest BCUT2D eigenvalue weighted by Gasteiger charge is 2.18. The summed E-state index contributed by atoms with van der Waals surface area (Å²) in [7, 11) is 0. The molecule has 1 N–H and O–H groups in total. The Balaban J connectivity index is 2.26. The van der Waals surface area contributed by atoms with E-state index in [1.54, 1.807) is 19.1 Å². The molecule has 0 fully saturated rings. The van der Waals surface area contributed by atoms with E-state index in [-0.39, 0.29) is 5.78 Å². The molecule has 1 aromatic rings. The molecule has 0 radical (unpaired) electrons. The Morgan fingerprint density at radius 3 is 3.13 bits per heavy atom. The van der Waals surface area contributed by atoms with Gasteiger partial charge < -0.3 is 9.84 Å². The molecule has 2 rings (SSSR count). The zero-order chi connectivity index (χ0) is 10.8. The van der Waals surface area contributed by atoms with E-state index in [0.717, 1.165) is 17.7 Å². The summed E-state index contributed by atoms with van der Waals surface area (Å²) in [6.45, 7) is 2.47. The predicted molar refractivity (Wildman–Crippen MR) is 56.3 cm³/mol. The van der Waals surface area contributed by atoms with E-state index >= 15 is 0 Å². The number of hydrogen-bond donors (Lipinski definition) is 1. The number of aliphatic hydroxyl groups excluding tert-OH is 1. The van der Waals surface area contributed by atoms with Gasteiger partial charge in [0.1, 0.15) is 11.9 Å². The van der Waals surface area contributed by atoms with Crippen molar-refractivity contribution in [3.05, 3.63) is 29.3 Å². The molecule has 0 aromatic heterocycles. The number of hydrogen-bond acceptors (Lipinski definition) is 3. The first-order chi connectivity index (χ1) is 7.22. The Morgan fingerprint density at radius 1 is 1.60 bits per heavy atom. The number of ether oxygens (including phenoxy) is 1. The highest BCUT2D eigenvalue weighted by molar-refractivity contribution is 5.99. The number of rotatable bonds is 3. The summed E-state index contributed by atoms with van der Waals surface area (Å²) < 4.78 is 5.35. The standard InChI is InChI=1S/C12H14O3/c1-2-10(13)12(14)9-3-4-11-8(7-9)5-6-15-11/h3-4,7,10,13H,2,5-6H2,1H3. The number of benzene rings is 1. The fraction of sp³-hybridized carbons (Fsp3) is 0.417. The molecule has 15 heavy (non-hydrogen) atoms. The summed E-state index contributed by atoms with van der Waals surface area (Å²) in [5.41, 5.74) is 1.64. The molecule has 0 aliphatic carbocycles. The number of carbonyl (C=O) groups excluding carboxylic acids is 1. The van der Waals surface area contributed by atoms with Crippen LogP contribution in [0.4, 0.5) is 0 Å². The fourth-order valence-electron chi connectivity index (χ4n) is 1.72. The van der Waals surface area contributed by atoms with Crippen molar-refractivity contribution in [2.75, 3.05) is 6.61 Å². The van der Waals surface area contributed by atoms with Crippen LogP contribution in [0.15, 0.2) is 18.2 Å². The first kappa shape index (κ1) is 10.2. The minimum absolute atomic E-state index is 0.202. The van der Waals surface area contributed by atoms with Crippen LogP contribution in [0.2, 0.25) is 0 Å².